The van der Waals surface area contributed by atoms with Gasteiger partial charge in [0, 0.05) is 70.2 Å². The Hall–Kier alpha value is -2.87. The van der Waals surface area contributed by atoms with Crippen LogP contribution in [0.15, 0.2) is 42.6 Å². The first-order chi connectivity index (χ1) is 18.0. The molecule has 3 aliphatic heterocycles. The lowest BCUT2D eigenvalue weighted by Gasteiger charge is -2.38. The Morgan fingerprint density at radius 1 is 0.946 bits per heavy atom. The van der Waals surface area contributed by atoms with Crippen LogP contribution in [0.3, 0.4) is 0 Å². The molecule has 7 heteroatoms. The number of imidazole rings is 1. The van der Waals surface area contributed by atoms with Gasteiger partial charge in [0.15, 0.2) is 5.82 Å². The molecule has 2 fully saturated rings. The van der Waals surface area contributed by atoms with Crippen LogP contribution in [0.4, 0.5) is 5.69 Å². The van der Waals surface area contributed by atoms with Crippen LogP contribution in [0.5, 0.6) is 5.75 Å². The number of aromatic nitrogens is 2. The quantitative estimate of drug-likeness (QED) is 0.506. The van der Waals surface area contributed by atoms with Crippen molar-refractivity contribution >= 4 is 5.69 Å². The highest BCUT2D eigenvalue weighted by Crippen LogP contribution is 2.36. The molecule has 0 atom stereocenters. The third kappa shape index (κ3) is 5.13. The Bertz CT molecular complexity index is 1240. The Morgan fingerprint density at radius 3 is 2.51 bits per heavy atom. The smallest absolute Gasteiger partial charge is 0.151 e. The van der Waals surface area contributed by atoms with Crippen molar-refractivity contribution in [1.29, 1.82) is 0 Å². The largest absolute Gasteiger partial charge is 0.483 e. The van der Waals surface area contributed by atoms with Crippen LogP contribution in [-0.4, -0.2) is 84.4 Å². The molecule has 2 saturated heterocycles. The van der Waals surface area contributed by atoms with E-state index in [1.807, 2.05) is 0 Å². The molecule has 0 saturated carbocycles. The minimum absolute atomic E-state index is 0.508. The van der Waals surface area contributed by atoms with Crippen LogP contribution >= 0.6 is 0 Å². The van der Waals surface area contributed by atoms with Crippen molar-refractivity contribution in [3.63, 3.8) is 0 Å². The number of nitrogens with zero attached hydrogens (tertiary/aromatic N) is 5. The lowest BCUT2D eigenvalue weighted by Crippen LogP contribution is -2.48. The lowest BCUT2D eigenvalue weighted by molar-refractivity contribution is 0.0383. The van der Waals surface area contributed by atoms with Gasteiger partial charge in [-0.05, 0) is 61.7 Å². The minimum atomic E-state index is 0.508. The second-order valence-electron chi connectivity index (χ2n) is 10.8. The standard InChI is InChI=1S/C30H39N5O2/c1-22(2)33-10-12-34(13-11-33)26-5-6-27(23(3)18-26)24-4-7-28-29(19-24)37-21-30-31-25(20-35(28)30)8-9-32-14-16-36-17-15-32/h4-7,18-20,22H,8-17,21H2,1-3H3. The van der Waals surface area contributed by atoms with Gasteiger partial charge in [0.2, 0.25) is 0 Å². The summed E-state index contributed by atoms with van der Waals surface area (Å²) in [5.74, 6) is 1.91. The first kappa shape index (κ1) is 24.5. The molecular weight excluding hydrogens is 462 g/mol. The summed E-state index contributed by atoms with van der Waals surface area (Å²) in [5.41, 5.74) is 7.29. The third-order valence-electron chi connectivity index (χ3n) is 8.12. The molecule has 37 heavy (non-hydrogen) atoms. The molecule has 2 aromatic carbocycles. The number of morpholine rings is 1. The van der Waals surface area contributed by atoms with Crippen molar-refractivity contribution in [1.82, 2.24) is 19.4 Å². The molecule has 1 aromatic heterocycles. The van der Waals surface area contributed by atoms with Crippen LogP contribution in [-0.2, 0) is 17.8 Å². The van der Waals surface area contributed by atoms with Crippen molar-refractivity contribution < 1.29 is 9.47 Å². The molecule has 0 unspecified atom stereocenters. The summed E-state index contributed by atoms with van der Waals surface area (Å²) >= 11 is 0. The molecule has 7 nitrogen and oxygen atoms in total. The Labute approximate surface area is 220 Å². The molecule has 196 valence electrons. The average Bonchev–Trinajstić information content (AvgIpc) is 3.36. The second kappa shape index (κ2) is 10.5. The van der Waals surface area contributed by atoms with E-state index < -0.39 is 0 Å². The molecular formula is C30H39N5O2. The van der Waals surface area contributed by atoms with E-state index >= 15 is 0 Å². The number of aryl methyl sites for hydroxylation is 1. The number of ether oxygens (including phenoxy) is 2. The summed E-state index contributed by atoms with van der Waals surface area (Å²) in [6.45, 7) is 16.5. The van der Waals surface area contributed by atoms with E-state index in [1.54, 1.807) is 0 Å². The maximum absolute atomic E-state index is 6.18. The molecule has 0 aliphatic carbocycles. The number of hydrogen-bond acceptors (Lipinski definition) is 6. The molecule has 3 aliphatic rings. The van der Waals surface area contributed by atoms with Gasteiger partial charge in [-0.15, -0.1) is 0 Å². The number of hydrogen-bond donors (Lipinski definition) is 0. The van der Waals surface area contributed by atoms with Gasteiger partial charge in [-0.2, -0.15) is 0 Å². The zero-order chi connectivity index (χ0) is 25.4. The number of benzene rings is 2. The molecule has 4 heterocycles. The highest BCUT2D eigenvalue weighted by atomic mass is 16.5. The zero-order valence-electron chi connectivity index (χ0n) is 22.4. The Kier molecular flexibility index (Phi) is 6.93. The molecule has 0 bridgehead atoms. The SMILES string of the molecule is Cc1cc(N2CCN(C(C)C)CC2)ccc1-c1ccc2c(c1)OCc1nc(CCN3CCOCC3)cn1-2. The Balaban J connectivity index is 1.17. The zero-order valence-corrected chi connectivity index (χ0v) is 22.4. The van der Waals surface area contributed by atoms with Gasteiger partial charge in [-0.25, -0.2) is 4.98 Å². The monoisotopic (exact) mass is 501 g/mol. The molecule has 0 spiro atoms. The average molecular weight is 502 g/mol. The predicted molar refractivity (Wildman–Crippen MR) is 148 cm³/mol. The number of fused-ring (bicyclic) bond motifs is 3. The van der Waals surface area contributed by atoms with E-state index in [2.05, 4.69) is 82.6 Å². The molecule has 3 aromatic rings. The van der Waals surface area contributed by atoms with E-state index in [0.29, 0.717) is 12.6 Å². The van der Waals surface area contributed by atoms with Gasteiger partial charge in [0.05, 0.1) is 24.6 Å². The van der Waals surface area contributed by atoms with E-state index in [9.17, 15) is 0 Å². The fourth-order valence-electron chi connectivity index (χ4n) is 5.80. The normalized spacial score (nSPS) is 18.5. The fraction of sp³-hybridized carbons (Fsp3) is 0.500. The molecule has 0 amide bonds. The third-order valence-corrected chi connectivity index (χ3v) is 8.12. The predicted octanol–water partition coefficient (Wildman–Crippen LogP) is 4.15. The van der Waals surface area contributed by atoms with Crippen molar-refractivity contribution in [2.24, 2.45) is 0 Å². The second-order valence-corrected chi connectivity index (χ2v) is 10.8. The van der Waals surface area contributed by atoms with Crippen LogP contribution in [0.25, 0.3) is 16.8 Å². The number of piperazine rings is 1. The van der Waals surface area contributed by atoms with Crippen molar-refractivity contribution in [3.8, 4) is 22.6 Å². The summed E-state index contributed by atoms with van der Waals surface area (Å²) < 4.78 is 13.9. The first-order valence-electron chi connectivity index (χ1n) is 13.8. The van der Waals surface area contributed by atoms with E-state index in [-0.39, 0.29) is 0 Å². The highest BCUT2D eigenvalue weighted by Gasteiger charge is 2.22. The van der Waals surface area contributed by atoms with Gasteiger partial charge in [-0.1, -0.05) is 12.1 Å². The number of anilines is 1. The van der Waals surface area contributed by atoms with E-state index in [4.69, 9.17) is 14.5 Å². The topological polar surface area (TPSA) is 46.0 Å². The van der Waals surface area contributed by atoms with Crippen LogP contribution in [0.2, 0.25) is 0 Å². The summed E-state index contributed by atoms with van der Waals surface area (Å²) in [6.07, 6.45) is 3.14. The maximum Gasteiger partial charge on any atom is 0.151 e. The van der Waals surface area contributed by atoms with Gasteiger partial charge < -0.3 is 14.4 Å². The fourth-order valence-corrected chi connectivity index (χ4v) is 5.80. The van der Waals surface area contributed by atoms with Crippen LogP contribution in [0.1, 0.15) is 30.9 Å². The van der Waals surface area contributed by atoms with Gasteiger partial charge in [-0.3, -0.25) is 14.4 Å². The van der Waals surface area contributed by atoms with Crippen molar-refractivity contribution in [2.75, 3.05) is 63.9 Å². The van der Waals surface area contributed by atoms with Crippen LogP contribution in [0, 0.1) is 6.92 Å². The molecule has 0 radical (unpaired) electrons. The summed E-state index contributed by atoms with van der Waals surface area (Å²) in [6, 6.07) is 14.1. The summed E-state index contributed by atoms with van der Waals surface area (Å²) in [7, 11) is 0. The van der Waals surface area contributed by atoms with E-state index in [0.717, 1.165) is 88.4 Å². The maximum atomic E-state index is 6.18. The first-order valence-corrected chi connectivity index (χ1v) is 13.8. The molecule has 6 rings (SSSR count). The minimum Gasteiger partial charge on any atom is -0.483 e. The van der Waals surface area contributed by atoms with Crippen LogP contribution < -0.4 is 9.64 Å². The molecule has 0 N–H and O–H groups in total. The summed E-state index contributed by atoms with van der Waals surface area (Å²) in [4.78, 5) is 12.4. The van der Waals surface area contributed by atoms with Crippen molar-refractivity contribution in [3.05, 3.63) is 59.7 Å². The van der Waals surface area contributed by atoms with E-state index in [1.165, 1.54) is 22.4 Å². The number of rotatable bonds is 6. The van der Waals surface area contributed by atoms with Gasteiger partial charge in [0.1, 0.15) is 12.4 Å². The van der Waals surface area contributed by atoms with Gasteiger partial charge in [0.25, 0.3) is 0 Å². The van der Waals surface area contributed by atoms with Gasteiger partial charge >= 0.3 is 0 Å². The Morgan fingerprint density at radius 2 is 1.76 bits per heavy atom. The highest BCUT2D eigenvalue weighted by molar-refractivity contribution is 5.73. The van der Waals surface area contributed by atoms with Crippen molar-refractivity contribution in [2.45, 2.75) is 39.8 Å². The lowest BCUT2D eigenvalue weighted by atomic mass is 9.98. The summed E-state index contributed by atoms with van der Waals surface area (Å²) in [5, 5.41) is 0.